The van der Waals surface area contributed by atoms with Crippen LogP contribution in [0.4, 0.5) is 4.79 Å². The van der Waals surface area contributed by atoms with Crippen LogP contribution in [-0.2, 0) is 4.79 Å². The van der Waals surface area contributed by atoms with Gasteiger partial charge < -0.3 is 9.47 Å². The van der Waals surface area contributed by atoms with Gasteiger partial charge in [-0.3, -0.25) is 14.5 Å². The molecule has 0 radical (unpaired) electrons. The number of amides is 2. The van der Waals surface area contributed by atoms with Crippen LogP contribution in [0.15, 0.2) is 41.3 Å². The normalized spacial score (nSPS) is 15.4. The van der Waals surface area contributed by atoms with Crippen LogP contribution in [0.3, 0.4) is 0 Å². The number of nitrogens with zero attached hydrogens (tertiary/aromatic N) is 1. The monoisotopic (exact) mass is 445 g/mol. The van der Waals surface area contributed by atoms with E-state index in [4.69, 9.17) is 21.1 Å². The summed E-state index contributed by atoms with van der Waals surface area (Å²) >= 11 is 7.06. The molecule has 0 aliphatic carbocycles. The maximum atomic E-state index is 12.7. The average molecular weight is 446 g/mol. The highest BCUT2D eigenvalue weighted by Crippen LogP contribution is 2.34. The van der Waals surface area contributed by atoms with Gasteiger partial charge in [0.05, 0.1) is 23.6 Å². The van der Waals surface area contributed by atoms with Gasteiger partial charge in [0.15, 0.2) is 0 Å². The Morgan fingerprint density at radius 3 is 2.57 bits per heavy atom. The summed E-state index contributed by atoms with van der Waals surface area (Å²) in [6.07, 6.45) is 1.66. The summed E-state index contributed by atoms with van der Waals surface area (Å²) in [5, 5.41) is 0.140. The number of hydrogen-bond acceptors (Lipinski definition) is 5. The Kier molecular flexibility index (Phi) is 7.10. The number of thioether (sulfide) groups is 1. The predicted molar refractivity (Wildman–Crippen MR) is 121 cm³/mol. The van der Waals surface area contributed by atoms with Crippen LogP contribution in [-0.4, -0.2) is 36.3 Å². The largest absolute Gasteiger partial charge is 0.495 e. The van der Waals surface area contributed by atoms with Gasteiger partial charge in [-0.25, -0.2) is 0 Å². The Morgan fingerprint density at radius 2 is 1.90 bits per heavy atom. The van der Waals surface area contributed by atoms with Gasteiger partial charge in [-0.05, 0) is 65.6 Å². The molecule has 0 aromatic heterocycles. The van der Waals surface area contributed by atoms with Crippen LogP contribution in [0.2, 0.25) is 5.02 Å². The van der Waals surface area contributed by atoms with Gasteiger partial charge in [0.25, 0.3) is 11.1 Å². The molecule has 1 heterocycles. The van der Waals surface area contributed by atoms with E-state index < -0.39 is 0 Å². The summed E-state index contributed by atoms with van der Waals surface area (Å²) in [4.78, 5) is 26.6. The fraction of sp³-hybridized carbons (Fsp3) is 0.304. The zero-order valence-corrected chi connectivity index (χ0v) is 19.0. The van der Waals surface area contributed by atoms with Crippen molar-refractivity contribution in [3.63, 3.8) is 0 Å². The molecule has 1 saturated heterocycles. The summed E-state index contributed by atoms with van der Waals surface area (Å²) in [6.45, 7) is 6.64. The second kappa shape index (κ2) is 9.58. The number of benzene rings is 2. The molecule has 0 unspecified atom stereocenters. The summed E-state index contributed by atoms with van der Waals surface area (Å²) < 4.78 is 11.1. The molecule has 30 heavy (non-hydrogen) atoms. The molecule has 0 saturated carbocycles. The van der Waals surface area contributed by atoms with Gasteiger partial charge in [-0.15, -0.1) is 0 Å². The molecular formula is C23H24ClNO4S. The van der Waals surface area contributed by atoms with Gasteiger partial charge in [0.1, 0.15) is 18.1 Å². The van der Waals surface area contributed by atoms with Crippen LogP contribution in [0.5, 0.6) is 11.5 Å². The smallest absolute Gasteiger partial charge is 0.293 e. The molecule has 3 rings (SSSR count). The number of aryl methyl sites for hydroxylation is 1. The minimum absolute atomic E-state index is 0.191. The molecule has 0 spiro atoms. The number of hydrogen-bond donors (Lipinski definition) is 0. The van der Waals surface area contributed by atoms with Crippen LogP contribution in [0.1, 0.15) is 36.5 Å². The first-order chi connectivity index (χ1) is 14.3. The Labute approximate surface area is 186 Å². The second-order valence-electron chi connectivity index (χ2n) is 7.27. The quantitative estimate of drug-likeness (QED) is 0.497. The lowest BCUT2D eigenvalue weighted by atomic mass is 10.0. The molecule has 1 fully saturated rings. The van der Waals surface area contributed by atoms with Crippen molar-refractivity contribution in [2.45, 2.75) is 26.7 Å². The van der Waals surface area contributed by atoms with E-state index in [1.54, 1.807) is 24.3 Å². The first-order valence-electron chi connectivity index (χ1n) is 9.62. The molecule has 7 heteroatoms. The molecule has 158 valence electrons. The summed E-state index contributed by atoms with van der Waals surface area (Å²) in [5.41, 5.74) is 2.93. The highest BCUT2D eigenvalue weighted by Gasteiger charge is 2.34. The van der Waals surface area contributed by atoms with Crippen molar-refractivity contribution in [3.05, 3.63) is 63.0 Å². The maximum absolute atomic E-state index is 12.7. The van der Waals surface area contributed by atoms with Crippen LogP contribution >= 0.6 is 23.4 Å². The van der Waals surface area contributed by atoms with E-state index in [2.05, 4.69) is 26.0 Å². The van der Waals surface area contributed by atoms with E-state index in [-0.39, 0.29) is 24.3 Å². The Balaban J connectivity index is 1.67. The molecule has 2 amide bonds. The summed E-state index contributed by atoms with van der Waals surface area (Å²) in [5.74, 6) is 1.34. The van der Waals surface area contributed by atoms with Gasteiger partial charge in [0, 0.05) is 0 Å². The number of rotatable bonds is 7. The molecule has 5 nitrogen and oxygen atoms in total. The Bertz CT molecular complexity index is 1000. The second-order valence-corrected chi connectivity index (χ2v) is 8.67. The van der Waals surface area contributed by atoms with Crippen molar-refractivity contribution in [1.82, 2.24) is 4.90 Å². The lowest BCUT2D eigenvalue weighted by molar-refractivity contribution is -0.123. The fourth-order valence-corrected chi connectivity index (χ4v) is 4.24. The van der Waals surface area contributed by atoms with Gasteiger partial charge in [-0.2, -0.15) is 0 Å². The maximum Gasteiger partial charge on any atom is 0.293 e. The lowest BCUT2D eigenvalue weighted by Crippen LogP contribution is -2.32. The first kappa shape index (κ1) is 22.2. The van der Waals surface area contributed by atoms with E-state index in [0.29, 0.717) is 21.6 Å². The molecule has 0 bridgehead atoms. The van der Waals surface area contributed by atoms with Crippen molar-refractivity contribution in [3.8, 4) is 11.5 Å². The van der Waals surface area contributed by atoms with Gasteiger partial charge >= 0.3 is 0 Å². The SMILES string of the molecule is COc1ccc(/C=C2\SC(=O)N(CCOc3cc(C)ccc3C(C)C)C2=O)cc1Cl. The number of methoxy groups -OCH3 is 1. The van der Waals surface area contributed by atoms with Gasteiger partial charge in [-0.1, -0.05) is 43.6 Å². The van der Waals surface area contributed by atoms with Crippen molar-refractivity contribution < 1.29 is 19.1 Å². The molecule has 0 N–H and O–H groups in total. The minimum Gasteiger partial charge on any atom is -0.495 e. The highest BCUT2D eigenvalue weighted by atomic mass is 35.5. The third-order valence-corrected chi connectivity index (χ3v) is 5.91. The van der Waals surface area contributed by atoms with Crippen LogP contribution in [0, 0.1) is 6.92 Å². The first-order valence-corrected chi connectivity index (χ1v) is 10.8. The minimum atomic E-state index is -0.325. The van der Waals surface area contributed by atoms with Crippen molar-refractivity contribution in [1.29, 1.82) is 0 Å². The van der Waals surface area contributed by atoms with Gasteiger partial charge in [0.2, 0.25) is 0 Å². The third-order valence-electron chi connectivity index (χ3n) is 4.71. The topological polar surface area (TPSA) is 55.8 Å². The zero-order chi connectivity index (χ0) is 21.8. The van der Waals surface area contributed by atoms with Crippen molar-refractivity contribution in [2.75, 3.05) is 20.3 Å². The van der Waals surface area contributed by atoms with E-state index in [1.807, 2.05) is 13.0 Å². The fourth-order valence-electron chi connectivity index (χ4n) is 3.11. The molecule has 1 aliphatic rings. The van der Waals surface area contributed by atoms with Crippen molar-refractivity contribution in [2.24, 2.45) is 0 Å². The molecule has 2 aromatic rings. The number of ether oxygens (including phenoxy) is 2. The van der Waals surface area contributed by atoms with Crippen LogP contribution < -0.4 is 9.47 Å². The number of carbonyl (C=O) groups excluding carboxylic acids is 2. The summed E-state index contributed by atoms with van der Waals surface area (Å²) in [6, 6.07) is 11.3. The Morgan fingerprint density at radius 1 is 1.13 bits per heavy atom. The third kappa shape index (κ3) is 4.99. The zero-order valence-electron chi connectivity index (χ0n) is 17.4. The van der Waals surface area contributed by atoms with Crippen molar-refractivity contribution >= 4 is 40.6 Å². The molecular weight excluding hydrogens is 422 g/mol. The van der Waals surface area contributed by atoms with E-state index in [0.717, 1.165) is 34.2 Å². The number of carbonyl (C=O) groups is 2. The predicted octanol–water partition coefficient (Wildman–Crippen LogP) is 5.90. The van der Waals surface area contributed by atoms with E-state index >= 15 is 0 Å². The molecule has 1 aliphatic heterocycles. The van der Waals surface area contributed by atoms with E-state index in [9.17, 15) is 9.59 Å². The average Bonchev–Trinajstić information content (AvgIpc) is 2.95. The summed E-state index contributed by atoms with van der Waals surface area (Å²) in [7, 11) is 1.54. The molecule has 2 aromatic carbocycles. The number of imide groups is 1. The van der Waals surface area contributed by atoms with E-state index in [1.165, 1.54) is 12.0 Å². The Hall–Kier alpha value is -2.44. The number of halogens is 1. The lowest BCUT2D eigenvalue weighted by Gasteiger charge is -2.17. The molecule has 0 atom stereocenters. The highest BCUT2D eigenvalue weighted by molar-refractivity contribution is 8.18. The standard InChI is InChI=1S/C23H24ClNO4S/c1-14(2)17-7-5-15(3)11-20(17)29-10-9-25-22(26)21(30-23(25)27)13-16-6-8-19(28-4)18(24)12-16/h5-8,11-14H,9-10H2,1-4H3/b21-13-. The van der Waals surface area contributed by atoms with Crippen LogP contribution in [0.25, 0.3) is 6.08 Å².